The first kappa shape index (κ1) is 18.7. The topological polar surface area (TPSA) is 149 Å². The lowest BCUT2D eigenvalue weighted by Crippen LogP contribution is -2.06. The molecule has 0 unspecified atom stereocenters. The van der Waals surface area contributed by atoms with Crippen LogP contribution >= 0.6 is 0 Å². The Labute approximate surface area is 147 Å². The molecule has 3 rings (SSSR count). The fourth-order valence-corrected chi connectivity index (χ4v) is 2.65. The van der Waals surface area contributed by atoms with Crippen molar-refractivity contribution in [3.8, 4) is 0 Å². The normalized spacial score (nSPS) is 11.2. The quantitative estimate of drug-likeness (QED) is 0.650. The maximum Gasteiger partial charge on any atom is 0.336 e. The number of carboxylic acids is 4. The summed E-state index contributed by atoms with van der Waals surface area (Å²) in [4.78, 5) is 42.3. The Bertz CT molecular complexity index is 863. The minimum absolute atomic E-state index is 0.0833. The van der Waals surface area contributed by atoms with Crippen LogP contribution in [0.15, 0.2) is 36.4 Å². The molecule has 2 aromatic carbocycles. The molecule has 0 atom stereocenters. The smallest absolute Gasteiger partial charge is 0.336 e. The Morgan fingerprint density at radius 1 is 0.615 bits per heavy atom. The molecule has 0 saturated carbocycles. The zero-order valence-corrected chi connectivity index (χ0v) is 13.3. The van der Waals surface area contributed by atoms with Crippen LogP contribution in [-0.2, 0) is 12.8 Å². The van der Waals surface area contributed by atoms with Gasteiger partial charge < -0.3 is 20.4 Å². The highest BCUT2D eigenvalue weighted by Crippen LogP contribution is 2.28. The van der Waals surface area contributed by atoms with E-state index >= 15 is 0 Å². The monoisotopic (exact) mass is 358 g/mol. The molecular weight excluding hydrogens is 344 g/mol. The Morgan fingerprint density at radius 2 is 1.12 bits per heavy atom. The number of rotatable bonds is 4. The lowest BCUT2D eigenvalue weighted by atomic mass is 10.0. The van der Waals surface area contributed by atoms with E-state index in [0.717, 1.165) is 5.56 Å². The van der Waals surface area contributed by atoms with Crippen molar-refractivity contribution in [3.05, 3.63) is 69.8 Å². The number of aryl methyl sites for hydroxylation is 1. The summed E-state index contributed by atoms with van der Waals surface area (Å²) in [7, 11) is 0. The third-order valence-corrected chi connectivity index (χ3v) is 3.87. The standard InChI is InChI=1S/C10H8O4.C8H6O4/c11-9(12)7-4-2-5-1-3-6(7)8(5)10(13)14;9-7(10)5-1-2-6(4-3-5)8(11)12/h2,4H,1,3H2,(H,11,12)(H,13,14);1-4H,(H,9,10)(H,11,12). The number of benzene rings is 2. The van der Waals surface area contributed by atoms with Gasteiger partial charge >= 0.3 is 23.9 Å². The zero-order chi connectivity index (χ0) is 19.4. The summed E-state index contributed by atoms with van der Waals surface area (Å²) in [6.07, 6.45) is 1.15. The van der Waals surface area contributed by atoms with Crippen LogP contribution in [0.1, 0.15) is 52.6 Å². The van der Waals surface area contributed by atoms with Crippen molar-refractivity contribution in [3.63, 3.8) is 0 Å². The molecule has 8 heteroatoms. The molecule has 8 nitrogen and oxygen atoms in total. The average molecular weight is 358 g/mol. The van der Waals surface area contributed by atoms with Gasteiger partial charge in [0.2, 0.25) is 0 Å². The van der Waals surface area contributed by atoms with Crippen LogP contribution in [-0.4, -0.2) is 44.3 Å². The first-order chi connectivity index (χ1) is 12.2. The highest BCUT2D eigenvalue weighted by molar-refractivity contribution is 5.98. The highest BCUT2D eigenvalue weighted by Gasteiger charge is 2.26. The molecule has 4 N–H and O–H groups in total. The van der Waals surface area contributed by atoms with E-state index in [1.807, 2.05) is 0 Å². The number of carboxylic acid groups (broad SMARTS) is 4. The molecule has 0 aliphatic heterocycles. The largest absolute Gasteiger partial charge is 0.478 e. The molecule has 0 saturated heterocycles. The third-order valence-electron chi connectivity index (χ3n) is 3.87. The second-order valence-corrected chi connectivity index (χ2v) is 5.42. The molecule has 0 aromatic heterocycles. The van der Waals surface area contributed by atoms with Gasteiger partial charge in [-0.1, -0.05) is 6.07 Å². The van der Waals surface area contributed by atoms with Gasteiger partial charge in [-0.3, -0.25) is 0 Å². The Balaban J connectivity index is 0.000000190. The summed E-state index contributed by atoms with van der Waals surface area (Å²) in [5, 5.41) is 34.7. The maximum absolute atomic E-state index is 10.9. The Hall–Kier alpha value is -3.68. The van der Waals surface area contributed by atoms with E-state index in [1.165, 1.54) is 30.3 Å². The van der Waals surface area contributed by atoms with Crippen molar-refractivity contribution < 1.29 is 39.6 Å². The van der Waals surface area contributed by atoms with Crippen LogP contribution in [0, 0.1) is 0 Å². The summed E-state index contributed by atoms with van der Waals surface area (Å²) in [6, 6.07) is 8.09. The van der Waals surface area contributed by atoms with Gasteiger partial charge in [0.1, 0.15) is 0 Å². The molecule has 2 bridgehead atoms. The number of fused-ring (bicyclic) bond motifs is 2. The number of hydrogen-bond acceptors (Lipinski definition) is 4. The van der Waals surface area contributed by atoms with E-state index in [0.29, 0.717) is 18.4 Å². The summed E-state index contributed by atoms with van der Waals surface area (Å²) in [5.41, 5.74) is 1.66. The molecule has 1 aliphatic rings. The minimum Gasteiger partial charge on any atom is -0.478 e. The van der Waals surface area contributed by atoms with Gasteiger partial charge in [-0.2, -0.15) is 0 Å². The highest BCUT2D eigenvalue weighted by atomic mass is 16.4. The summed E-state index contributed by atoms with van der Waals surface area (Å²) in [6.45, 7) is 0. The van der Waals surface area contributed by atoms with Crippen LogP contribution in [0.5, 0.6) is 0 Å². The van der Waals surface area contributed by atoms with Crippen LogP contribution in [0.3, 0.4) is 0 Å². The summed E-state index contributed by atoms with van der Waals surface area (Å²) < 4.78 is 0. The van der Waals surface area contributed by atoms with Crippen molar-refractivity contribution in [2.45, 2.75) is 12.8 Å². The first-order valence-corrected chi connectivity index (χ1v) is 7.40. The molecule has 0 spiro atoms. The van der Waals surface area contributed by atoms with Crippen molar-refractivity contribution >= 4 is 23.9 Å². The average Bonchev–Trinajstić information content (AvgIpc) is 2.88. The van der Waals surface area contributed by atoms with E-state index < -0.39 is 23.9 Å². The van der Waals surface area contributed by atoms with Gasteiger partial charge in [0.15, 0.2) is 0 Å². The van der Waals surface area contributed by atoms with Crippen LogP contribution < -0.4 is 0 Å². The van der Waals surface area contributed by atoms with Crippen LogP contribution in [0.25, 0.3) is 0 Å². The van der Waals surface area contributed by atoms with Gasteiger partial charge in [0, 0.05) is 0 Å². The summed E-state index contributed by atoms with van der Waals surface area (Å²) in [5.74, 6) is -4.22. The lowest BCUT2D eigenvalue weighted by Gasteiger charge is -2.03. The van der Waals surface area contributed by atoms with E-state index in [2.05, 4.69) is 0 Å². The number of carbonyl (C=O) groups is 4. The van der Waals surface area contributed by atoms with Crippen molar-refractivity contribution in [2.24, 2.45) is 0 Å². The number of aromatic carboxylic acids is 4. The van der Waals surface area contributed by atoms with Gasteiger partial charge in [0.05, 0.1) is 22.3 Å². The number of hydrogen-bond donors (Lipinski definition) is 4. The molecule has 0 amide bonds. The van der Waals surface area contributed by atoms with E-state index in [-0.39, 0.29) is 22.3 Å². The molecule has 0 fully saturated rings. The lowest BCUT2D eigenvalue weighted by molar-refractivity contribution is 0.0681. The van der Waals surface area contributed by atoms with Gasteiger partial charge in [0.25, 0.3) is 0 Å². The fourth-order valence-electron chi connectivity index (χ4n) is 2.65. The predicted octanol–water partition coefficient (Wildman–Crippen LogP) is 2.26. The zero-order valence-electron chi connectivity index (χ0n) is 13.3. The van der Waals surface area contributed by atoms with Crippen LogP contribution in [0.4, 0.5) is 0 Å². The molecule has 26 heavy (non-hydrogen) atoms. The van der Waals surface area contributed by atoms with Crippen molar-refractivity contribution in [1.82, 2.24) is 0 Å². The third kappa shape index (κ3) is 3.86. The second-order valence-electron chi connectivity index (χ2n) is 5.42. The van der Waals surface area contributed by atoms with E-state index in [4.69, 9.17) is 20.4 Å². The minimum atomic E-state index is -1.06. The molecule has 1 aliphatic carbocycles. The van der Waals surface area contributed by atoms with Crippen LogP contribution in [0.2, 0.25) is 0 Å². The van der Waals surface area contributed by atoms with Gasteiger partial charge in [-0.15, -0.1) is 0 Å². The molecule has 134 valence electrons. The second kappa shape index (κ2) is 7.47. The Kier molecular flexibility index (Phi) is 5.36. The van der Waals surface area contributed by atoms with Crippen molar-refractivity contribution in [1.29, 1.82) is 0 Å². The summed E-state index contributed by atoms with van der Waals surface area (Å²) >= 11 is 0. The molecule has 0 radical (unpaired) electrons. The maximum atomic E-state index is 10.9. The van der Waals surface area contributed by atoms with Gasteiger partial charge in [-0.05, 0) is 54.3 Å². The SMILES string of the molecule is O=C(O)c1ccc(C(=O)O)cc1.O=C(O)c1ccc2c(C(=O)O)c1CC2. The van der Waals surface area contributed by atoms with E-state index in [1.54, 1.807) is 6.07 Å². The fraction of sp³-hybridized carbons (Fsp3) is 0.111. The Morgan fingerprint density at radius 3 is 1.50 bits per heavy atom. The van der Waals surface area contributed by atoms with Gasteiger partial charge in [-0.25, -0.2) is 19.2 Å². The van der Waals surface area contributed by atoms with Crippen molar-refractivity contribution in [2.75, 3.05) is 0 Å². The van der Waals surface area contributed by atoms with E-state index in [9.17, 15) is 19.2 Å². The molecular formula is C18H14O8. The predicted molar refractivity (Wildman–Crippen MR) is 88.1 cm³/mol. The molecule has 2 aromatic rings. The first-order valence-electron chi connectivity index (χ1n) is 7.40. The molecule has 0 heterocycles.